The summed E-state index contributed by atoms with van der Waals surface area (Å²) < 4.78 is 5.65. The molecule has 2 aromatic rings. The molecule has 0 N–H and O–H groups in total. The van der Waals surface area contributed by atoms with Crippen LogP contribution in [0.1, 0.15) is 24.6 Å². The number of fused-ring (bicyclic) bond motifs is 1. The summed E-state index contributed by atoms with van der Waals surface area (Å²) in [5.74, 6) is 0. The van der Waals surface area contributed by atoms with Crippen LogP contribution in [0.3, 0.4) is 0 Å². The van der Waals surface area contributed by atoms with Gasteiger partial charge in [-0.3, -0.25) is 0 Å². The van der Waals surface area contributed by atoms with E-state index in [1.54, 1.807) is 0 Å². The van der Waals surface area contributed by atoms with E-state index in [0.717, 1.165) is 36.0 Å². The number of aromatic nitrogens is 2. The van der Waals surface area contributed by atoms with Crippen LogP contribution < -0.4 is 0 Å². The number of halogens is 1. The molecule has 82 valence electrons. The number of hydrogen-bond donors (Lipinski definition) is 0. The van der Waals surface area contributed by atoms with Gasteiger partial charge in [0.25, 0.3) is 0 Å². The van der Waals surface area contributed by atoms with E-state index in [1.165, 1.54) is 0 Å². The second-order valence-electron chi connectivity index (χ2n) is 3.90. The van der Waals surface area contributed by atoms with Crippen LogP contribution in [0.25, 0.3) is 10.9 Å². The highest BCUT2D eigenvalue weighted by Crippen LogP contribution is 2.32. The highest BCUT2D eigenvalue weighted by Gasteiger charge is 2.22. The lowest BCUT2D eigenvalue weighted by atomic mass is 10.1. The van der Waals surface area contributed by atoms with E-state index in [9.17, 15) is 0 Å². The molecule has 1 atom stereocenters. The fourth-order valence-electron chi connectivity index (χ4n) is 2.11. The van der Waals surface area contributed by atoms with E-state index >= 15 is 0 Å². The zero-order valence-electron chi connectivity index (χ0n) is 8.69. The number of hydrogen-bond acceptors (Lipinski definition) is 3. The van der Waals surface area contributed by atoms with Crippen molar-refractivity contribution in [1.29, 1.82) is 0 Å². The van der Waals surface area contributed by atoms with Gasteiger partial charge in [-0.2, -0.15) is 0 Å². The molecule has 0 spiro atoms. The predicted molar refractivity (Wildman–Crippen MR) is 62.5 cm³/mol. The summed E-state index contributed by atoms with van der Waals surface area (Å²) in [4.78, 5) is 8.52. The molecule has 0 amide bonds. The molecule has 1 aromatic carbocycles. The molecule has 4 heteroatoms. The van der Waals surface area contributed by atoms with E-state index in [1.807, 2.05) is 24.3 Å². The Labute approximate surface area is 98.4 Å². The molecular weight excluding hydrogens is 224 g/mol. The third-order valence-corrected chi connectivity index (χ3v) is 3.01. The van der Waals surface area contributed by atoms with Crippen molar-refractivity contribution in [3.05, 3.63) is 35.2 Å². The van der Waals surface area contributed by atoms with Gasteiger partial charge in [0.15, 0.2) is 0 Å². The van der Waals surface area contributed by atoms with Crippen molar-refractivity contribution in [2.75, 3.05) is 6.61 Å². The molecule has 1 aliphatic rings. The normalized spacial score (nSPS) is 20.4. The molecule has 0 saturated carbocycles. The smallest absolute Gasteiger partial charge is 0.223 e. The van der Waals surface area contributed by atoms with E-state index in [-0.39, 0.29) is 6.10 Å². The molecule has 0 aliphatic carbocycles. The van der Waals surface area contributed by atoms with E-state index in [2.05, 4.69) is 9.97 Å². The summed E-state index contributed by atoms with van der Waals surface area (Å²) >= 11 is 5.92. The first-order valence-electron chi connectivity index (χ1n) is 5.38. The lowest BCUT2D eigenvalue weighted by Crippen LogP contribution is -2.02. The quantitative estimate of drug-likeness (QED) is 0.711. The maximum atomic E-state index is 5.92. The average molecular weight is 235 g/mol. The maximum Gasteiger partial charge on any atom is 0.223 e. The summed E-state index contributed by atoms with van der Waals surface area (Å²) in [5, 5.41) is 1.34. The Morgan fingerprint density at radius 2 is 2.12 bits per heavy atom. The fourth-order valence-corrected chi connectivity index (χ4v) is 2.29. The van der Waals surface area contributed by atoms with Crippen molar-refractivity contribution < 1.29 is 4.74 Å². The Hall–Kier alpha value is -1.19. The molecule has 1 saturated heterocycles. The number of para-hydroxylation sites is 1. The van der Waals surface area contributed by atoms with E-state index in [0.29, 0.717) is 5.28 Å². The van der Waals surface area contributed by atoms with Gasteiger partial charge in [-0.25, -0.2) is 9.97 Å². The van der Waals surface area contributed by atoms with Crippen LogP contribution in [0, 0.1) is 0 Å². The van der Waals surface area contributed by atoms with Crippen molar-refractivity contribution in [3.8, 4) is 0 Å². The van der Waals surface area contributed by atoms with E-state index in [4.69, 9.17) is 16.3 Å². The summed E-state index contributed by atoms with van der Waals surface area (Å²) in [7, 11) is 0. The van der Waals surface area contributed by atoms with Crippen molar-refractivity contribution in [2.45, 2.75) is 18.9 Å². The monoisotopic (exact) mass is 234 g/mol. The molecule has 1 aromatic heterocycles. The van der Waals surface area contributed by atoms with Gasteiger partial charge < -0.3 is 4.74 Å². The first-order chi connectivity index (χ1) is 7.84. The number of benzene rings is 1. The lowest BCUT2D eigenvalue weighted by molar-refractivity contribution is 0.110. The minimum Gasteiger partial charge on any atom is -0.372 e. The second kappa shape index (κ2) is 4.00. The molecule has 0 bridgehead atoms. The predicted octanol–water partition coefficient (Wildman–Crippen LogP) is 3.13. The molecule has 2 heterocycles. The lowest BCUT2D eigenvalue weighted by Gasteiger charge is -2.11. The van der Waals surface area contributed by atoms with Crippen LogP contribution in [0.2, 0.25) is 5.28 Å². The van der Waals surface area contributed by atoms with Crippen LogP contribution in [-0.4, -0.2) is 16.6 Å². The fraction of sp³-hybridized carbons (Fsp3) is 0.333. The summed E-state index contributed by atoms with van der Waals surface area (Å²) in [6.45, 7) is 0.806. The zero-order valence-corrected chi connectivity index (χ0v) is 9.44. The average Bonchev–Trinajstić information content (AvgIpc) is 2.81. The van der Waals surface area contributed by atoms with Gasteiger partial charge in [0.2, 0.25) is 5.28 Å². The Bertz CT molecular complexity index is 523. The van der Waals surface area contributed by atoms with Crippen molar-refractivity contribution in [1.82, 2.24) is 9.97 Å². The summed E-state index contributed by atoms with van der Waals surface area (Å²) in [5.41, 5.74) is 1.81. The van der Waals surface area contributed by atoms with Gasteiger partial charge in [0.1, 0.15) is 6.10 Å². The molecule has 0 radical (unpaired) electrons. The van der Waals surface area contributed by atoms with Crippen molar-refractivity contribution in [3.63, 3.8) is 0 Å². The SMILES string of the molecule is Clc1nc(C2CCCO2)c2ccccc2n1. The highest BCUT2D eigenvalue weighted by molar-refractivity contribution is 6.28. The van der Waals surface area contributed by atoms with Crippen LogP contribution in [0.15, 0.2) is 24.3 Å². The van der Waals surface area contributed by atoms with Gasteiger partial charge >= 0.3 is 0 Å². The molecule has 16 heavy (non-hydrogen) atoms. The van der Waals surface area contributed by atoms with Crippen LogP contribution in [0.5, 0.6) is 0 Å². The first-order valence-corrected chi connectivity index (χ1v) is 5.76. The Morgan fingerprint density at radius 1 is 1.25 bits per heavy atom. The Balaban J connectivity index is 2.21. The minimum absolute atomic E-state index is 0.0744. The molecule has 1 fully saturated rings. The van der Waals surface area contributed by atoms with Crippen LogP contribution in [-0.2, 0) is 4.74 Å². The molecule has 3 nitrogen and oxygen atoms in total. The molecule has 1 aliphatic heterocycles. The third-order valence-electron chi connectivity index (χ3n) is 2.84. The van der Waals surface area contributed by atoms with Gasteiger partial charge in [0, 0.05) is 12.0 Å². The topological polar surface area (TPSA) is 35.0 Å². The minimum atomic E-state index is 0.0744. The van der Waals surface area contributed by atoms with Crippen molar-refractivity contribution in [2.24, 2.45) is 0 Å². The first kappa shape index (κ1) is 10.00. The molecule has 3 rings (SSSR count). The summed E-state index contributed by atoms with van der Waals surface area (Å²) in [6, 6.07) is 7.90. The van der Waals surface area contributed by atoms with Crippen molar-refractivity contribution >= 4 is 22.5 Å². The third kappa shape index (κ3) is 1.66. The number of rotatable bonds is 1. The largest absolute Gasteiger partial charge is 0.372 e. The van der Waals surface area contributed by atoms with Gasteiger partial charge in [0.05, 0.1) is 11.2 Å². The molecular formula is C12H11ClN2O. The highest BCUT2D eigenvalue weighted by atomic mass is 35.5. The standard InChI is InChI=1S/C12H11ClN2O/c13-12-14-9-5-2-1-4-8(9)11(15-12)10-6-3-7-16-10/h1-2,4-5,10H,3,6-7H2. The van der Waals surface area contributed by atoms with Gasteiger partial charge in [-0.05, 0) is 30.5 Å². The van der Waals surface area contributed by atoms with Crippen LogP contribution in [0.4, 0.5) is 0 Å². The van der Waals surface area contributed by atoms with Crippen LogP contribution >= 0.6 is 11.6 Å². The Morgan fingerprint density at radius 3 is 2.94 bits per heavy atom. The Kier molecular flexibility index (Phi) is 2.50. The molecule has 1 unspecified atom stereocenters. The van der Waals surface area contributed by atoms with Gasteiger partial charge in [-0.1, -0.05) is 18.2 Å². The zero-order chi connectivity index (χ0) is 11.0. The number of ether oxygens (including phenoxy) is 1. The van der Waals surface area contributed by atoms with E-state index < -0.39 is 0 Å². The summed E-state index contributed by atoms with van der Waals surface area (Å²) in [6.07, 6.45) is 2.17. The number of nitrogens with zero attached hydrogens (tertiary/aromatic N) is 2. The second-order valence-corrected chi connectivity index (χ2v) is 4.23. The maximum absolute atomic E-state index is 5.92. The van der Waals surface area contributed by atoms with Gasteiger partial charge in [-0.15, -0.1) is 0 Å².